The molecule has 0 aliphatic carbocycles. The third-order valence-corrected chi connectivity index (χ3v) is 3.59. The highest BCUT2D eigenvalue weighted by Crippen LogP contribution is 2.36. The average molecular weight is 354 g/mol. The molecule has 0 aromatic heterocycles. The first kappa shape index (κ1) is 17.1. The molecule has 23 heavy (non-hydrogen) atoms. The molecule has 0 atom stereocenters. The monoisotopic (exact) mass is 353 g/mol. The van der Waals surface area contributed by atoms with E-state index < -0.39 is 11.5 Å². The van der Waals surface area contributed by atoms with Crippen molar-refractivity contribution in [1.29, 1.82) is 0 Å². The Balaban J connectivity index is 2.13. The number of benzene rings is 2. The number of Topliss-reactive ketones (excluding diaryl/α,β-unsaturated/α-hetero) is 1. The van der Waals surface area contributed by atoms with Crippen LogP contribution in [0.3, 0.4) is 0 Å². The molecule has 0 heterocycles. The maximum atomic E-state index is 12.1. The molecule has 5 nitrogen and oxygen atoms in total. The molecule has 2 rings (SSSR count). The lowest BCUT2D eigenvalue weighted by Gasteiger charge is -2.07. The molecule has 2 N–H and O–H groups in total. The van der Waals surface area contributed by atoms with Crippen LogP contribution in [-0.4, -0.2) is 35.9 Å². The van der Waals surface area contributed by atoms with E-state index in [1.165, 1.54) is 19.4 Å². The van der Waals surface area contributed by atoms with Crippen molar-refractivity contribution in [2.75, 3.05) is 13.7 Å². The topological polar surface area (TPSA) is 79.1 Å². The van der Waals surface area contributed by atoms with Gasteiger partial charge in [-0.25, -0.2) is 0 Å². The zero-order valence-corrected chi connectivity index (χ0v) is 13.6. The number of carbonyl (C=O) groups is 1. The number of halogens is 2. The van der Waals surface area contributed by atoms with Gasteiger partial charge >= 0.3 is 0 Å². The molecule has 0 bridgehead atoms. The van der Waals surface area contributed by atoms with Gasteiger partial charge < -0.3 is 14.9 Å². The Bertz CT molecular complexity index is 775. The summed E-state index contributed by atoms with van der Waals surface area (Å²) in [4.78, 5) is 16.1. The predicted molar refractivity (Wildman–Crippen MR) is 89.6 cm³/mol. The maximum Gasteiger partial charge on any atom is 0.200 e. The van der Waals surface area contributed by atoms with Crippen LogP contribution in [0.2, 0.25) is 10.0 Å². The minimum Gasteiger partial charge on any atom is -0.504 e. The fourth-order valence-electron chi connectivity index (χ4n) is 1.83. The van der Waals surface area contributed by atoms with Crippen molar-refractivity contribution >= 4 is 35.2 Å². The van der Waals surface area contributed by atoms with Gasteiger partial charge in [0.05, 0.1) is 12.1 Å². The zero-order chi connectivity index (χ0) is 17.0. The Hall–Kier alpha value is -2.24. The van der Waals surface area contributed by atoms with E-state index in [0.717, 1.165) is 6.07 Å². The van der Waals surface area contributed by atoms with Crippen LogP contribution >= 0.6 is 23.2 Å². The number of rotatable bonds is 5. The lowest BCUT2D eigenvalue weighted by atomic mass is 10.1. The first-order valence-electron chi connectivity index (χ1n) is 6.50. The molecule has 120 valence electrons. The van der Waals surface area contributed by atoms with Gasteiger partial charge in [-0.1, -0.05) is 29.3 Å². The van der Waals surface area contributed by atoms with E-state index in [0.29, 0.717) is 15.6 Å². The molecule has 2 aromatic rings. The molecule has 0 aliphatic rings. The van der Waals surface area contributed by atoms with E-state index in [1.54, 1.807) is 18.2 Å². The molecule has 0 spiro atoms. The molecule has 0 unspecified atom stereocenters. The highest BCUT2D eigenvalue weighted by molar-refractivity contribution is 6.36. The summed E-state index contributed by atoms with van der Waals surface area (Å²) >= 11 is 11.8. The molecule has 0 saturated heterocycles. The first-order chi connectivity index (χ1) is 10.9. The number of carbonyl (C=O) groups excluding carboxylic acids is 1. The summed E-state index contributed by atoms with van der Waals surface area (Å²) in [6.45, 7) is -0.147. The summed E-state index contributed by atoms with van der Waals surface area (Å²) in [7, 11) is 1.32. The Morgan fingerprint density at radius 3 is 2.65 bits per heavy atom. The Morgan fingerprint density at radius 2 is 2.00 bits per heavy atom. The van der Waals surface area contributed by atoms with Crippen molar-refractivity contribution in [3.05, 3.63) is 51.5 Å². The van der Waals surface area contributed by atoms with E-state index in [4.69, 9.17) is 27.9 Å². The number of nitrogens with zero attached hydrogens (tertiary/aromatic N) is 1. The Labute approximate surface area is 142 Å². The van der Waals surface area contributed by atoms with E-state index in [-0.39, 0.29) is 23.6 Å². The van der Waals surface area contributed by atoms with Crippen LogP contribution in [0.25, 0.3) is 0 Å². The number of aliphatic imine (C=N–C) groups is 1. The maximum absolute atomic E-state index is 12.1. The number of hydrogen-bond acceptors (Lipinski definition) is 5. The number of methoxy groups -OCH3 is 1. The third-order valence-electron chi connectivity index (χ3n) is 3.02. The SMILES string of the molecule is COc1cc(C(=O)CN=Cc2ccc(Cl)cc2Cl)cc(O)c1O. The van der Waals surface area contributed by atoms with Crippen LogP contribution in [0.5, 0.6) is 17.2 Å². The molecule has 0 fully saturated rings. The fourth-order valence-corrected chi connectivity index (χ4v) is 2.29. The summed E-state index contributed by atoms with van der Waals surface area (Å²) in [5.41, 5.74) is 0.812. The minimum absolute atomic E-state index is 0.0121. The van der Waals surface area contributed by atoms with Gasteiger partial charge in [-0.15, -0.1) is 0 Å². The standard InChI is InChI=1S/C16H13Cl2NO4/c1-23-15-5-10(4-13(20)16(15)22)14(21)8-19-7-9-2-3-11(17)6-12(9)18/h2-7,20,22H,8H2,1H3. The van der Waals surface area contributed by atoms with Gasteiger partial charge in [0, 0.05) is 22.4 Å². The van der Waals surface area contributed by atoms with Crippen LogP contribution in [0.1, 0.15) is 15.9 Å². The van der Waals surface area contributed by atoms with E-state index >= 15 is 0 Å². The largest absolute Gasteiger partial charge is 0.504 e. The lowest BCUT2D eigenvalue weighted by molar-refractivity contribution is 0.100. The molecule has 0 saturated carbocycles. The van der Waals surface area contributed by atoms with Crippen molar-refractivity contribution in [3.8, 4) is 17.2 Å². The van der Waals surface area contributed by atoms with Crippen molar-refractivity contribution in [2.24, 2.45) is 4.99 Å². The Morgan fingerprint density at radius 1 is 1.26 bits per heavy atom. The molecule has 0 aliphatic heterocycles. The number of aromatic hydroxyl groups is 2. The van der Waals surface area contributed by atoms with E-state index in [9.17, 15) is 15.0 Å². The van der Waals surface area contributed by atoms with Crippen molar-refractivity contribution < 1.29 is 19.7 Å². The summed E-state index contributed by atoms with van der Waals surface area (Å²) < 4.78 is 4.89. The van der Waals surface area contributed by atoms with E-state index in [2.05, 4.69) is 4.99 Å². The number of ether oxygens (including phenoxy) is 1. The molecular formula is C16H13Cl2NO4. The first-order valence-corrected chi connectivity index (χ1v) is 7.26. The van der Waals surface area contributed by atoms with Crippen LogP contribution in [0.4, 0.5) is 0 Å². The van der Waals surface area contributed by atoms with Crippen molar-refractivity contribution in [3.63, 3.8) is 0 Å². The van der Waals surface area contributed by atoms with Gasteiger partial charge in [-0.05, 0) is 24.3 Å². The smallest absolute Gasteiger partial charge is 0.200 e. The van der Waals surface area contributed by atoms with Gasteiger partial charge in [0.15, 0.2) is 17.3 Å². The highest BCUT2D eigenvalue weighted by atomic mass is 35.5. The summed E-state index contributed by atoms with van der Waals surface area (Å²) in [6.07, 6.45) is 1.47. The van der Waals surface area contributed by atoms with Crippen LogP contribution < -0.4 is 4.74 Å². The number of phenols is 2. The highest BCUT2D eigenvalue weighted by Gasteiger charge is 2.14. The number of hydrogen-bond donors (Lipinski definition) is 2. The zero-order valence-electron chi connectivity index (χ0n) is 12.1. The lowest BCUT2D eigenvalue weighted by Crippen LogP contribution is -2.04. The quantitative estimate of drug-likeness (QED) is 0.487. The van der Waals surface area contributed by atoms with Crippen LogP contribution in [0, 0.1) is 0 Å². The second-order valence-corrected chi connectivity index (χ2v) is 5.45. The number of ketones is 1. The van der Waals surface area contributed by atoms with Gasteiger partial charge in [0.25, 0.3) is 0 Å². The van der Waals surface area contributed by atoms with Gasteiger partial charge in [-0.3, -0.25) is 9.79 Å². The second kappa shape index (κ2) is 7.35. The normalized spacial score (nSPS) is 10.9. The van der Waals surface area contributed by atoms with Crippen LogP contribution in [-0.2, 0) is 0 Å². The average Bonchev–Trinajstić information content (AvgIpc) is 2.51. The number of phenolic OH excluding ortho intramolecular Hbond substituents is 2. The van der Waals surface area contributed by atoms with Gasteiger partial charge in [0.2, 0.25) is 5.75 Å². The molecule has 2 aromatic carbocycles. The molecule has 0 amide bonds. The summed E-state index contributed by atoms with van der Waals surface area (Å²) in [5.74, 6) is -1.18. The van der Waals surface area contributed by atoms with Crippen molar-refractivity contribution in [2.45, 2.75) is 0 Å². The molecular weight excluding hydrogens is 341 g/mol. The predicted octanol–water partition coefficient (Wildman–Crippen LogP) is 3.72. The van der Waals surface area contributed by atoms with Crippen LogP contribution in [0.15, 0.2) is 35.3 Å². The van der Waals surface area contributed by atoms with Gasteiger partial charge in [0.1, 0.15) is 6.54 Å². The molecule has 7 heteroatoms. The van der Waals surface area contributed by atoms with Gasteiger partial charge in [-0.2, -0.15) is 0 Å². The Kier molecular flexibility index (Phi) is 5.47. The second-order valence-electron chi connectivity index (χ2n) is 4.61. The van der Waals surface area contributed by atoms with Crippen molar-refractivity contribution in [1.82, 2.24) is 0 Å². The minimum atomic E-state index is -0.433. The summed E-state index contributed by atoms with van der Waals surface area (Å²) in [5, 5.41) is 20.1. The molecule has 0 radical (unpaired) electrons. The summed E-state index contributed by atoms with van der Waals surface area (Å²) in [6, 6.07) is 7.43. The van der Waals surface area contributed by atoms with E-state index in [1.807, 2.05) is 0 Å². The third kappa shape index (κ3) is 4.15. The fraction of sp³-hybridized carbons (Fsp3) is 0.125.